The van der Waals surface area contributed by atoms with E-state index in [2.05, 4.69) is 14.9 Å². The molecule has 1 heterocycles. The highest BCUT2D eigenvalue weighted by molar-refractivity contribution is 5.65. The number of ether oxygens (including phenoxy) is 1. The Labute approximate surface area is 123 Å². The van der Waals surface area contributed by atoms with Crippen molar-refractivity contribution >= 4 is 0 Å². The highest BCUT2D eigenvalue weighted by atomic mass is 19.3. The lowest BCUT2D eigenvalue weighted by atomic mass is 10.2. The number of para-hydroxylation sites is 1. The van der Waals surface area contributed by atoms with Crippen molar-refractivity contribution in [3.63, 3.8) is 0 Å². The molecule has 7 heteroatoms. The van der Waals surface area contributed by atoms with Crippen molar-refractivity contribution < 1.29 is 22.4 Å². The third kappa shape index (κ3) is 2.93. The van der Waals surface area contributed by atoms with Crippen LogP contribution in [0.4, 0.5) is 13.2 Å². The first kappa shape index (κ1) is 14.1. The fraction of sp³-hybridized carbons (Fsp3) is 0.0667. The summed E-state index contributed by atoms with van der Waals surface area (Å²) in [5, 5.41) is 3.76. The largest absolute Gasteiger partial charge is 0.434 e. The van der Waals surface area contributed by atoms with Gasteiger partial charge in [0.1, 0.15) is 11.6 Å². The van der Waals surface area contributed by atoms with Gasteiger partial charge in [-0.1, -0.05) is 17.3 Å². The number of aromatic nitrogens is 2. The molecule has 0 atom stereocenters. The van der Waals surface area contributed by atoms with Gasteiger partial charge in [0.15, 0.2) is 0 Å². The topological polar surface area (TPSA) is 48.2 Å². The third-order valence-corrected chi connectivity index (χ3v) is 2.86. The monoisotopic (exact) mass is 306 g/mol. The Kier molecular flexibility index (Phi) is 3.78. The molecule has 0 saturated carbocycles. The molecule has 0 spiro atoms. The Morgan fingerprint density at radius 3 is 2.45 bits per heavy atom. The molecule has 3 rings (SSSR count). The molecule has 0 aliphatic carbocycles. The molecule has 0 amide bonds. The number of benzene rings is 2. The Balaban J connectivity index is 1.96. The van der Waals surface area contributed by atoms with Crippen LogP contribution in [0.2, 0.25) is 0 Å². The van der Waals surface area contributed by atoms with Gasteiger partial charge in [0.25, 0.3) is 5.89 Å². The molecular formula is C15H9F3N2O2. The maximum Gasteiger partial charge on any atom is 0.387 e. The second kappa shape index (κ2) is 5.88. The van der Waals surface area contributed by atoms with Gasteiger partial charge in [-0.15, -0.1) is 0 Å². The zero-order valence-corrected chi connectivity index (χ0v) is 11.0. The second-order valence-corrected chi connectivity index (χ2v) is 4.30. The molecule has 0 fully saturated rings. The minimum Gasteiger partial charge on any atom is -0.434 e. The highest BCUT2D eigenvalue weighted by Crippen LogP contribution is 2.31. The van der Waals surface area contributed by atoms with Crippen LogP contribution in [0.25, 0.3) is 22.8 Å². The van der Waals surface area contributed by atoms with Crippen LogP contribution in [0, 0.1) is 5.82 Å². The number of rotatable bonds is 4. The molecule has 1 aromatic heterocycles. The molecule has 0 N–H and O–H groups in total. The van der Waals surface area contributed by atoms with Gasteiger partial charge in [0.05, 0.1) is 5.56 Å². The maximum absolute atomic E-state index is 12.9. The van der Waals surface area contributed by atoms with Gasteiger partial charge < -0.3 is 9.26 Å². The van der Waals surface area contributed by atoms with Gasteiger partial charge >= 0.3 is 6.61 Å². The summed E-state index contributed by atoms with van der Waals surface area (Å²) in [5.74, 6) is -0.188. The molecule has 3 aromatic rings. The van der Waals surface area contributed by atoms with Crippen LogP contribution in [0.5, 0.6) is 5.75 Å². The lowest BCUT2D eigenvalue weighted by Gasteiger charge is -2.06. The summed E-state index contributed by atoms with van der Waals surface area (Å²) in [6.45, 7) is -2.96. The first-order valence-corrected chi connectivity index (χ1v) is 6.27. The van der Waals surface area contributed by atoms with Crippen LogP contribution in [0.1, 0.15) is 0 Å². The van der Waals surface area contributed by atoms with E-state index < -0.39 is 6.61 Å². The Hall–Kier alpha value is -2.83. The Morgan fingerprint density at radius 1 is 1.00 bits per heavy atom. The van der Waals surface area contributed by atoms with Crippen molar-refractivity contribution in [3.05, 3.63) is 54.3 Å². The summed E-state index contributed by atoms with van der Waals surface area (Å²) >= 11 is 0. The molecule has 0 unspecified atom stereocenters. The van der Waals surface area contributed by atoms with E-state index in [4.69, 9.17) is 4.52 Å². The van der Waals surface area contributed by atoms with Crippen LogP contribution < -0.4 is 4.74 Å². The molecule has 112 valence electrons. The van der Waals surface area contributed by atoms with Gasteiger partial charge in [0, 0.05) is 5.56 Å². The minimum absolute atomic E-state index is 0.0376. The zero-order valence-electron chi connectivity index (χ0n) is 11.0. The van der Waals surface area contributed by atoms with Crippen molar-refractivity contribution in [1.29, 1.82) is 0 Å². The molecule has 2 aromatic carbocycles. The standard InChI is InChI=1S/C15H9F3N2O2/c16-10-7-5-9(6-8-10)13-19-14(22-20-13)11-3-1-2-4-12(11)21-15(17)18/h1-8,15H. The van der Waals surface area contributed by atoms with Crippen LogP contribution in [-0.2, 0) is 0 Å². The van der Waals surface area contributed by atoms with Crippen molar-refractivity contribution in [1.82, 2.24) is 10.1 Å². The van der Waals surface area contributed by atoms with Gasteiger partial charge in [-0.25, -0.2) is 4.39 Å². The zero-order chi connectivity index (χ0) is 15.5. The molecule has 0 saturated heterocycles. The van der Waals surface area contributed by atoms with Gasteiger partial charge in [0.2, 0.25) is 5.82 Å². The smallest absolute Gasteiger partial charge is 0.387 e. The average Bonchev–Trinajstić information content (AvgIpc) is 2.97. The van der Waals surface area contributed by atoms with Crippen LogP contribution in [0.15, 0.2) is 53.1 Å². The van der Waals surface area contributed by atoms with Crippen molar-refractivity contribution in [2.24, 2.45) is 0 Å². The quantitative estimate of drug-likeness (QED) is 0.726. The first-order chi connectivity index (χ1) is 10.6. The summed E-state index contributed by atoms with van der Waals surface area (Å²) in [6.07, 6.45) is 0. The lowest BCUT2D eigenvalue weighted by Crippen LogP contribution is -2.03. The lowest BCUT2D eigenvalue weighted by molar-refractivity contribution is -0.0495. The second-order valence-electron chi connectivity index (χ2n) is 4.30. The summed E-state index contributed by atoms with van der Waals surface area (Å²) < 4.78 is 47.2. The predicted octanol–water partition coefficient (Wildman–Crippen LogP) is 4.14. The third-order valence-electron chi connectivity index (χ3n) is 2.86. The molecule has 0 aliphatic rings. The number of hydrogen-bond acceptors (Lipinski definition) is 4. The fourth-order valence-electron chi connectivity index (χ4n) is 1.89. The van der Waals surface area contributed by atoms with E-state index in [0.717, 1.165) is 0 Å². The Morgan fingerprint density at radius 2 is 1.73 bits per heavy atom. The molecule has 0 aliphatic heterocycles. The van der Waals surface area contributed by atoms with Crippen LogP contribution in [0.3, 0.4) is 0 Å². The van der Waals surface area contributed by atoms with E-state index in [9.17, 15) is 13.2 Å². The first-order valence-electron chi connectivity index (χ1n) is 6.27. The van der Waals surface area contributed by atoms with Crippen molar-refractivity contribution in [2.45, 2.75) is 6.61 Å². The molecule has 22 heavy (non-hydrogen) atoms. The van der Waals surface area contributed by atoms with Crippen LogP contribution in [-0.4, -0.2) is 16.8 Å². The molecule has 0 bridgehead atoms. The number of nitrogens with zero attached hydrogens (tertiary/aromatic N) is 2. The maximum atomic E-state index is 12.9. The minimum atomic E-state index is -2.96. The van der Waals surface area contributed by atoms with Gasteiger partial charge in [-0.3, -0.25) is 0 Å². The van der Waals surface area contributed by atoms with E-state index >= 15 is 0 Å². The van der Waals surface area contributed by atoms with E-state index in [1.54, 1.807) is 12.1 Å². The highest BCUT2D eigenvalue weighted by Gasteiger charge is 2.16. The van der Waals surface area contributed by atoms with Crippen LogP contribution >= 0.6 is 0 Å². The SMILES string of the molecule is Fc1ccc(-c2noc(-c3ccccc3OC(F)F)n2)cc1. The van der Waals surface area contributed by atoms with Crippen molar-refractivity contribution in [3.8, 4) is 28.6 Å². The van der Waals surface area contributed by atoms with E-state index in [1.807, 2.05) is 0 Å². The fourth-order valence-corrected chi connectivity index (χ4v) is 1.89. The van der Waals surface area contributed by atoms with Gasteiger partial charge in [-0.05, 0) is 36.4 Å². The number of alkyl halides is 2. The summed E-state index contributed by atoms with van der Waals surface area (Å²) in [7, 11) is 0. The average molecular weight is 306 g/mol. The summed E-state index contributed by atoms with van der Waals surface area (Å²) in [4.78, 5) is 4.12. The molecule has 4 nitrogen and oxygen atoms in total. The normalized spacial score (nSPS) is 10.9. The van der Waals surface area contributed by atoms with E-state index in [1.165, 1.54) is 36.4 Å². The van der Waals surface area contributed by atoms with Gasteiger partial charge in [-0.2, -0.15) is 13.8 Å². The van der Waals surface area contributed by atoms with Crippen molar-refractivity contribution in [2.75, 3.05) is 0 Å². The number of hydrogen-bond donors (Lipinski definition) is 0. The molecular weight excluding hydrogens is 297 g/mol. The number of halogens is 3. The predicted molar refractivity (Wildman–Crippen MR) is 71.8 cm³/mol. The summed E-state index contributed by atoms with van der Waals surface area (Å²) in [5.41, 5.74) is 0.798. The van der Waals surface area contributed by atoms with E-state index in [-0.39, 0.29) is 28.8 Å². The Bertz CT molecular complexity index is 772. The molecule has 0 radical (unpaired) electrons. The van der Waals surface area contributed by atoms with E-state index in [0.29, 0.717) is 5.56 Å². The summed E-state index contributed by atoms with van der Waals surface area (Å²) in [6, 6.07) is 11.6.